The van der Waals surface area contributed by atoms with E-state index in [-0.39, 0.29) is 17.4 Å². The van der Waals surface area contributed by atoms with Crippen LogP contribution in [0.1, 0.15) is 37.2 Å². The van der Waals surface area contributed by atoms with Crippen LogP contribution in [0.25, 0.3) is 0 Å². The minimum absolute atomic E-state index is 0.0687. The number of nitrogens with zero attached hydrogens (tertiary/aromatic N) is 2. The van der Waals surface area contributed by atoms with E-state index in [4.69, 9.17) is 18.9 Å². The fourth-order valence-corrected chi connectivity index (χ4v) is 2.52. The van der Waals surface area contributed by atoms with E-state index in [1.807, 2.05) is 13.8 Å². The highest BCUT2D eigenvalue weighted by molar-refractivity contribution is 5.98. The molecular formula is C19H25N3O6. The van der Waals surface area contributed by atoms with Gasteiger partial charge in [0.2, 0.25) is 0 Å². The lowest BCUT2D eigenvalue weighted by Gasteiger charge is -2.17. The topological polar surface area (TPSA) is 101 Å². The molecule has 9 nitrogen and oxygen atoms in total. The van der Waals surface area contributed by atoms with Crippen LogP contribution in [-0.2, 0) is 9.53 Å². The maximum absolute atomic E-state index is 12.6. The van der Waals surface area contributed by atoms with Crippen LogP contribution < -0.4 is 19.5 Å². The first-order valence-corrected chi connectivity index (χ1v) is 8.67. The highest BCUT2D eigenvalue weighted by Crippen LogP contribution is 2.35. The third kappa shape index (κ3) is 4.54. The van der Waals surface area contributed by atoms with Crippen molar-refractivity contribution in [3.63, 3.8) is 0 Å². The largest absolute Gasteiger partial charge is 0.496 e. The smallest absolute Gasteiger partial charge is 0.342 e. The van der Waals surface area contributed by atoms with Crippen molar-refractivity contribution in [1.29, 1.82) is 0 Å². The number of ether oxygens (including phenoxy) is 4. The predicted molar refractivity (Wildman–Crippen MR) is 102 cm³/mol. The van der Waals surface area contributed by atoms with Gasteiger partial charge in [0.05, 0.1) is 27.5 Å². The number of amides is 1. The van der Waals surface area contributed by atoms with Crippen LogP contribution in [0.3, 0.4) is 0 Å². The molecule has 0 fully saturated rings. The van der Waals surface area contributed by atoms with E-state index in [1.165, 1.54) is 40.4 Å². The molecule has 0 aliphatic carbocycles. The number of methoxy groups -OCH3 is 3. The summed E-state index contributed by atoms with van der Waals surface area (Å²) >= 11 is 0. The van der Waals surface area contributed by atoms with E-state index in [9.17, 15) is 9.59 Å². The van der Waals surface area contributed by atoms with Gasteiger partial charge >= 0.3 is 5.97 Å². The van der Waals surface area contributed by atoms with Crippen molar-refractivity contribution in [2.45, 2.75) is 32.9 Å². The van der Waals surface area contributed by atoms with Crippen molar-refractivity contribution in [1.82, 2.24) is 9.78 Å². The van der Waals surface area contributed by atoms with E-state index >= 15 is 0 Å². The summed E-state index contributed by atoms with van der Waals surface area (Å²) in [5, 5.41) is 6.85. The number of hydrogen-bond acceptors (Lipinski definition) is 7. The fourth-order valence-electron chi connectivity index (χ4n) is 2.52. The van der Waals surface area contributed by atoms with Crippen molar-refractivity contribution >= 4 is 17.7 Å². The molecule has 0 radical (unpaired) electrons. The predicted octanol–water partition coefficient (Wildman–Crippen LogP) is 2.67. The van der Waals surface area contributed by atoms with Gasteiger partial charge in [-0.05, 0) is 20.8 Å². The summed E-state index contributed by atoms with van der Waals surface area (Å²) in [4.78, 5) is 25.0. The zero-order valence-corrected chi connectivity index (χ0v) is 16.8. The number of carbonyl (C=O) groups is 2. The molecule has 0 spiro atoms. The Morgan fingerprint density at radius 3 is 2.18 bits per heavy atom. The minimum atomic E-state index is -1.04. The van der Waals surface area contributed by atoms with Crippen LogP contribution >= 0.6 is 0 Å². The van der Waals surface area contributed by atoms with Gasteiger partial charge in [0.25, 0.3) is 5.91 Å². The van der Waals surface area contributed by atoms with Crippen LogP contribution in [0.5, 0.6) is 17.2 Å². The first kappa shape index (κ1) is 21.1. The van der Waals surface area contributed by atoms with E-state index in [0.29, 0.717) is 17.3 Å². The number of aromatic nitrogens is 2. The highest BCUT2D eigenvalue weighted by Gasteiger charge is 2.24. The summed E-state index contributed by atoms with van der Waals surface area (Å²) in [6.07, 6.45) is 0.543. The molecule has 9 heteroatoms. The van der Waals surface area contributed by atoms with Crippen molar-refractivity contribution in [3.05, 3.63) is 30.0 Å². The first-order chi connectivity index (χ1) is 13.3. The average Bonchev–Trinajstić information content (AvgIpc) is 3.14. The number of carbonyl (C=O) groups excluding carboxylic acids is 2. The molecular weight excluding hydrogens is 366 g/mol. The molecule has 1 atom stereocenters. The monoisotopic (exact) mass is 391 g/mol. The van der Waals surface area contributed by atoms with Gasteiger partial charge in [-0.2, -0.15) is 5.10 Å². The van der Waals surface area contributed by atoms with Gasteiger partial charge in [0, 0.05) is 24.2 Å². The van der Waals surface area contributed by atoms with Gasteiger partial charge in [0.1, 0.15) is 17.1 Å². The lowest BCUT2D eigenvalue weighted by atomic mass is 10.1. The maximum Gasteiger partial charge on any atom is 0.342 e. The second kappa shape index (κ2) is 9.12. The summed E-state index contributed by atoms with van der Waals surface area (Å²) in [5.41, 5.74) is 0.118. The number of nitrogens with one attached hydrogen (secondary N) is 1. The Kier molecular flexibility index (Phi) is 6.86. The highest BCUT2D eigenvalue weighted by atomic mass is 16.6. The van der Waals surface area contributed by atoms with Crippen LogP contribution in [0.4, 0.5) is 5.82 Å². The third-order valence-electron chi connectivity index (χ3n) is 3.99. The Hall–Kier alpha value is -3.23. The normalized spacial score (nSPS) is 11.7. The van der Waals surface area contributed by atoms with Crippen molar-refractivity contribution in [3.8, 4) is 17.2 Å². The van der Waals surface area contributed by atoms with E-state index in [0.717, 1.165) is 0 Å². The van der Waals surface area contributed by atoms with Crippen molar-refractivity contribution in [2.24, 2.45) is 0 Å². The average molecular weight is 391 g/mol. The zero-order chi connectivity index (χ0) is 20.8. The van der Waals surface area contributed by atoms with Crippen LogP contribution in [0, 0.1) is 0 Å². The number of rotatable bonds is 8. The van der Waals surface area contributed by atoms with Gasteiger partial charge in [-0.3, -0.25) is 4.79 Å². The molecule has 1 aromatic heterocycles. The zero-order valence-electron chi connectivity index (χ0n) is 16.8. The van der Waals surface area contributed by atoms with Gasteiger partial charge in [-0.25, -0.2) is 9.48 Å². The lowest BCUT2D eigenvalue weighted by molar-refractivity contribution is -0.123. The summed E-state index contributed by atoms with van der Waals surface area (Å²) in [6.45, 7) is 5.36. The molecule has 0 saturated heterocycles. The maximum atomic E-state index is 12.6. The van der Waals surface area contributed by atoms with Gasteiger partial charge < -0.3 is 24.3 Å². The molecule has 2 aromatic rings. The van der Waals surface area contributed by atoms with E-state index in [1.54, 1.807) is 16.9 Å². The van der Waals surface area contributed by atoms with Crippen LogP contribution in [-0.4, -0.2) is 49.1 Å². The quantitative estimate of drug-likeness (QED) is 0.690. The van der Waals surface area contributed by atoms with Crippen LogP contribution in [0.2, 0.25) is 0 Å². The standard InChI is InChI=1S/C19H25N3O6/c1-11(2)22-17(7-8-20-22)21-18(23)12(3)28-19(24)13-9-15(26-5)16(27-6)10-14(13)25-4/h7-12H,1-6H3,(H,21,23)/t12-/m1/s1. The summed E-state index contributed by atoms with van der Waals surface area (Å²) in [5.74, 6) is 0.310. The van der Waals surface area contributed by atoms with Crippen molar-refractivity contribution in [2.75, 3.05) is 26.6 Å². The number of esters is 1. The summed E-state index contributed by atoms with van der Waals surface area (Å²) in [6, 6.07) is 4.70. The van der Waals surface area contributed by atoms with Gasteiger partial charge in [-0.15, -0.1) is 0 Å². The minimum Gasteiger partial charge on any atom is -0.496 e. The van der Waals surface area contributed by atoms with Gasteiger partial charge in [0.15, 0.2) is 17.6 Å². The van der Waals surface area contributed by atoms with E-state index in [2.05, 4.69) is 10.4 Å². The Bertz CT molecular complexity index is 846. The van der Waals surface area contributed by atoms with E-state index < -0.39 is 18.0 Å². The molecule has 0 unspecified atom stereocenters. The molecule has 0 saturated carbocycles. The molecule has 1 aromatic carbocycles. The number of hydrogen-bond donors (Lipinski definition) is 1. The Labute approximate surface area is 163 Å². The van der Waals surface area contributed by atoms with Crippen LogP contribution in [0.15, 0.2) is 24.4 Å². The molecule has 152 valence electrons. The molecule has 1 amide bonds. The van der Waals surface area contributed by atoms with Crippen molar-refractivity contribution < 1.29 is 28.5 Å². The molecule has 0 aliphatic rings. The molecule has 1 N–H and O–H groups in total. The Morgan fingerprint density at radius 1 is 1.00 bits per heavy atom. The molecule has 28 heavy (non-hydrogen) atoms. The summed E-state index contributed by atoms with van der Waals surface area (Å²) in [7, 11) is 4.35. The van der Waals surface area contributed by atoms with Gasteiger partial charge in [-0.1, -0.05) is 0 Å². The lowest BCUT2D eigenvalue weighted by Crippen LogP contribution is -2.31. The fraction of sp³-hybridized carbons (Fsp3) is 0.421. The molecule has 2 rings (SSSR count). The molecule has 0 aliphatic heterocycles. The second-order valence-corrected chi connectivity index (χ2v) is 6.20. The molecule has 0 bridgehead atoms. The first-order valence-electron chi connectivity index (χ1n) is 8.67. The summed E-state index contributed by atoms with van der Waals surface area (Å²) < 4.78 is 22.6. The number of benzene rings is 1. The number of anilines is 1. The SMILES string of the molecule is COc1cc(OC)c(C(=O)O[C@H](C)C(=O)Nc2ccnn2C(C)C)cc1OC. The second-order valence-electron chi connectivity index (χ2n) is 6.20. The third-order valence-corrected chi connectivity index (χ3v) is 3.99. The molecule has 1 heterocycles. The Balaban J connectivity index is 2.15. The Morgan fingerprint density at radius 2 is 1.61 bits per heavy atom.